The Morgan fingerprint density at radius 2 is 2.16 bits per heavy atom. The van der Waals surface area contributed by atoms with Gasteiger partial charge in [0.1, 0.15) is 0 Å². The second-order valence-corrected chi connectivity index (χ2v) is 6.76. The normalized spacial score (nSPS) is 18.4. The Morgan fingerprint density at radius 1 is 1.40 bits per heavy atom. The lowest BCUT2D eigenvalue weighted by atomic mass is 10.2. The van der Waals surface area contributed by atoms with Crippen molar-refractivity contribution in [2.24, 2.45) is 7.05 Å². The van der Waals surface area contributed by atoms with Gasteiger partial charge >= 0.3 is 0 Å². The van der Waals surface area contributed by atoms with Crippen molar-refractivity contribution in [1.29, 1.82) is 0 Å². The minimum absolute atomic E-state index is 0.0856. The first-order valence-electron chi connectivity index (χ1n) is 8.18. The summed E-state index contributed by atoms with van der Waals surface area (Å²) >= 11 is 1.51. The van der Waals surface area contributed by atoms with E-state index in [0.717, 1.165) is 23.8 Å². The highest BCUT2D eigenvalue weighted by Crippen LogP contribution is 2.32. The molecule has 0 N–H and O–H groups in total. The van der Waals surface area contributed by atoms with E-state index in [-0.39, 0.29) is 17.7 Å². The summed E-state index contributed by atoms with van der Waals surface area (Å²) in [6, 6.07) is 5.97. The van der Waals surface area contributed by atoms with Crippen LogP contribution in [0.1, 0.15) is 31.6 Å². The average Bonchev–Trinajstić information content (AvgIpc) is 3.22. The lowest BCUT2D eigenvalue weighted by Gasteiger charge is -2.27. The third-order valence-corrected chi connectivity index (χ3v) is 5.09. The molecule has 0 saturated carbocycles. The number of amides is 1. The van der Waals surface area contributed by atoms with E-state index in [4.69, 9.17) is 4.74 Å². The maximum atomic E-state index is 13.8. The summed E-state index contributed by atoms with van der Waals surface area (Å²) in [4.78, 5) is 14.6. The predicted octanol–water partition coefficient (Wildman–Crippen LogP) is 2.81. The lowest BCUT2D eigenvalue weighted by Crippen LogP contribution is -2.40. The van der Waals surface area contributed by atoms with E-state index in [9.17, 15) is 9.18 Å². The number of nitrogens with zero attached hydrogens (tertiary/aromatic N) is 4. The zero-order chi connectivity index (χ0) is 18.0. The number of thioether (sulfide) groups is 1. The molecule has 2 aromatic rings. The molecular weight excluding hydrogens is 343 g/mol. The molecule has 1 aliphatic rings. The Balaban J connectivity index is 1.76. The van der Waals surface area contributed by atoms with Crippen molar-refractivity contribution >= 4 is 17.7 Å². The predicted molar refractivity (Wildman–Crippen MR) is 93.0 cm³/mol. The van der Waals surface area contributed by atoms with Crippen molar-refractivity contribution in [1.82, 2.24) is 19.7 Å². The molecule has 0 aliphatic carbocycles. The van der Waals surface area contributed by atoms with Crippen LogP contribution in [0.4, 0.5) is 4.39 Å². The number of para-hydroxylation sites is 1. The molecule has 1 aromatic heterocycles. The number of aromatic nitrogens is 3. The van der Waals surface area contributed by atoms with Crippen molar-refractivity contribution in [2.45, 2.75) is 37.1 Å². The van der Waals surface area contributed by atoms with Crippen LogP contribution in [0, 0.1) is 5.82 Å². The molecule has 1 aliphatic heterocycles. The molecule has 0 unspecified atom stereocenters. The highest BCUT2D eigenvalue weighted by atomic mass is 32.2. The SMILES string of the molecule is CSc1nnc([C@H]2CCCN2C(=O)[C@H](C)Oc2ccccc2F)n1C. The van der Waals surface area contributed by atoms with Crippen molar-refractivity contribution < 1.29 is 13.9 Å². The van der Waals surface area contributed by atoms with Crippen LogP contribution < -0.4 is 4.74 Å². The number of hydrogen-bond donors (Lipinski definition) is 0. The molecule has 2 atom stereocenters. The first-order valence-corrected chi connectivity index (χ1v) is 9.40. The highest BCUT2D eigenvalue weighted by Gasteiger charge is 2.36. The number of benzene rings is 1. The second-order valence-electron chi connectivity index (χ2n) is 5.98. The molecular formula is C17H21FN4O2S. The van der Waals surface area contributed by atoms with E-state index in [1.165, 1.54) is 23.9 Å². The molecule has 3 rings (SSSR count). The third-order valence-electron chi connectivity index (χ3n) is 4.37. The monoisotopic (exact) mass is 364 g/mol. The largest absolute Gasteiger partial charge is 0.478 e. The zero-order valence-corrected chi connectivity index (χ0v) is 15.3. The number of likely N-dealkylation sites (tertiary alicyclic amines) is 1. The standard InChI is InChI=1S/C17H21FN4O2S/c1-11(24-14-9-5-4-7-12(14)18)16(23)22-10-6-8-13(22)15-19-20-17(25-3)21(15)2/h4-5,7,9,11,13H,6,8,10H2,1-3H3/t11-,13+/m0/s1. The van der Waals surface area contributed by atoms with Gasteiger partial charge in [-0.2, -0.15) is 0 Å². The van der Waals surface area contributed by atoms with Crippen LogP contribution in [0.15, 0.2) is 29.4 Å². The Morgan fingerprint density at radius 3 is 2.84 bits per heavy atom. The van der Waals surface area contributed by atoms with Crippen LogP contribution in [0.2, 0.25) is 0 Å². The molecule has 0 bridgehead atoms. The third kappa shape index (κ3) is 3.49. The van der Waals surface area contributed by atoms with Crippen molar-refractivity contribution in [3.8, 4) is 5.75 Å². The van der Waals surface area contributed by atoms with Gasteiger partial charge in [-0.1, -0.05) is 23.9 Å². The van der Waals surface area contributed by atoms with Crippen LogP contribution in [-0.4, -0.2) is 44.5 Å². The number of halogens is 1. The van der Waals surface area contributed by atoms with Gasteiger partial charge in [-0.15, -0.1) is 10.2 Å². The molecule has 1 aromatic carbocycles. The van der Waals surface area contributed by atoms with Gasteiger partial charge in [-0.25, -0.2) is 4.39 Å². The number of carbonyl (C=O) groups is 1. The number of rotatable bonds is 5. The van der Waals surface area contributed by atoms with Crippen molar-refractivity contribution in [3.63, 3.8) is 0 Å². The van der Waals surface area contributed by atoms with E-state index < -0.39 is 11.9 Å². The summed E-state index contributed by atoms with van der Waals surface area (Å²) < 4.78 is 21.2. The fraction of sp³-hybridized carbons (Fsp3) is 0.471. The summed E-state index contributed by atoms with van der Waals surface area (Å²) in [7, 11) is 1.90. The van der Waals surface area contributed by atoms with Gasteiger partial charge in [0.25, 0.3) is 5.91 Å². The molecule has 1 fully saturated rings. The van der Waals surface area contributed by atoms with E-state index in [1.807, 2.05) is 17.9 Å². The first-order chi connectivity index (χ1) is 12.0. The van der Waals surface area contributed by atoms with Gasteiger partial charge in [-0.3, -0.25) is 4.79 Å². The molecule has 8 heteroatoms. The second kappa shape index (κ2) is 7.43. The molecule has 134 valence electrons. The molecule has 25 heavy (non-hydrogen) atoms. The summed E-state index contributed by atoms with van der Waals surface area (Å²) in [5.74, 6) is 0.216. The van der Waals surface area contributed by atoms with Crippen molar-refractivity contribution in [2.75, 3.05) is 12.8 Å². The molecule has 0 spiro atoms. The van der Waals surface area contributed by atoms with Crippen molar-refractivity contribution in [3.05, 3.63) is 35.9 Å². The Bertz CT molecular complexity index is 767. The van der Waals surface area contributed by atoms with Gasteiger partial charge < -0.3 is 14.2 Å². The van der Waals surface area contributed by atoms with E-state index in [0.29, 0.717) is 6.54 Å². The minimum atomic E-state index is -0.772. The van der Waals surface area contributed by atoms with Gasteiger partial charge in [0.2, 0.25) is 0 Å². The van der Waals surface area contributed by atoms with Gasteiger partial charge in [0, 0.05) is 13.6 Å². The number of ether oxygens (including phenoxy) is 1. The molecule has 0 radical (unpaired) electrons. The summed E-state index contributed by atoms with van der Waals surface area (Å²) in [6.07, 6.45) is 2.89. The summed E-state index contributed by atoms with van der Waals surface area (Å²) in [6.45, 7) is 2.28. The maximum absolute atomic E-state index is 13.8. The van der Waals surface area contributed by atoms with Crippen LogP contribution in [0.25, 0.3) is 0 Å². The topological polar surface area (TPSA) is 60.3 Å². The fourth-order valence-electron chi connectivity index (χ4n) is 3.11. The van der Waals surface area contributed by atoms with E-state index in [1.54, 1.807) is 24.0 Å². The lowest BCUT2D eigenvalue weighted by molar-refractivity contribution is -0.139. The smallest absolute Gasteiger partial charge is 0.263 e. The average molecular weight is 364 g/mol. The highest BCUT2D eigenvalue weighted by molar-refractivity contribution is 7.98. The van der Waals surface area contributed by atoms with Gasteiger partial charge in [0.15, 0.2) is 28.7 Å². The van der Waals surface area contributed by atoms with E-state index in [2.05, 4.69) is 10.2 Å². The number of carbonyl (C=O) groups excluding carboxylic acids is 1. The molecule has 6 nitrogen and oxygen atoms in total. The van der Waals surface area contributed by atoms with Gasteiger partial charge in [0.05, 0.1) is 6.04 Å². The number of hydrogen-bond acceptors (Lipinski definition) is 5. The van der Waals surface area contributed by atoms with Crippen LogP contribution in [-0.2, 0) is 11.8 Å². The Labute approximate surface area is 150 Å². The first kappa shape index (κ1) is 17.7. The molecule has 2 heterocycles. The van der Waals surface area contributed by atoms with Crippen LogP contribution in [0.3, 0.4) is 0 Å². The Hall–Kier alpha value is -2.09. The quantitative estimate of drug-likeness (QED) is 0.764. The minimum Gasteiger partial charge on any atom is -0.478 e. The summed E-state index contributed by atoms with van der Waals surface area (Å²) in [5.41, 5.74) is 0. The van der Waals surface area contributed by atoms with Crippen LogP contribution in [0.5, 0.6) is 5.75 Å². The summed E-state index contributed by atoms with van der Waals surface area (Å²) in [5, 5.41) is 9.22. The fourth-order valence-corrected chi connectivity index (χ4v) is 3.60. The van der Waals surface area contributed by atoms with E-state index >= 15 is 0 Å². The van der Waals surface area contributed by atoms with Gasteiger partial charge in [-0.05, 0) is 38.2 Å². The Kier molecular flexibility index (Phi) is 5.27. The molecule has 1 saturated heterocycles. The maximum Gasteiger partial charge on any atom is 0.263 e. The zero-order valence-electron chi connectivity index (χ0n) is 14.5. The molecule has 1 amide bonds. The van der Waals surface area contributed by atoms with Crippen LogP contribution >= 0.6 is 11.8 Å².